The molecule has 0 radical (unpaired) electrons. The zero-order valence-electron chi connectivity index (χ0n) is 6.80. The third kappa shape index (κ3) is 1.34. The molecule has 0 saturated heterocycles. The fourth-order valence-corrected chi connectivity index (χ4v) is 2.23. The maximum atomic E-state index is 10.5. The maximum Gasteiger partial charge on any atom is 0.306 e. The third-order valence-electron chi connectivity index (χ3n) is 2.49. The molecule has 1 saturated carbocycles. The summed E-state index contributed by atoms with van der Waals surface area (Å²) >= 11 is 1.27. The Bertz CT molecular complexity index is 316. The van der Waals surface area contributed by atoms with Crippen LogP contribution in [0.5, 0.6) is 0 Å². The number of carboxylic acids is 1. The lowest BCUT2D eigenvalue weighted by Crippen LogP contribution is -2.44. The number of nitrogens with zero attached hydrogens (tertiary/aromatic N) is 1. The van der Waals surface area contributed by atoms with E-state index in [0.29, 0.717) is 12.8 Å². The molecule has 1 aromatic rings. The molecule has 0 amide bonds. The van der Waals surface area contributed by atoms with E-state index in [1.807, 2.05) is 0 Å². The molecule has 1 aromatic heterocycles. The van der Waals surface area contributed by atoms with Gasteiger partial charge in [-0.3, -0.25) is 4.79 Å². The van der Waals surface area contributed by atoms with Crippen molar-refractivity contribution < 1.29 is 15.0 Å². The molecule has 0 aromatic carbocycles. The molecule has 4 nitrogen and oxygen atoms in total. The van der Waals surface area contributed by atoms with Crippen molar-refractivity contribution in [2.24, 2.45) is 5.92 Å². The van der Waals surface area contributed by atoms with Crippen LogP contribution in [0.2, 0.25) is 0 Å². The Balaban J connectivity index is 2.08. The van der Waals surface area contributed by atoms with E-state index in [1.54, 1.807) is 11.6 Å². The first-order valence-corrected chi connectivity index (χ1v) is 4.80. The first-order chi connectivity index (χ1) is 6.12. The van der Waals surface area contributed by atoms with Crippen LogP contribution in [0.3, 0.4) is 0 Å². The predicted octanol–water partition coefficient (Wildman–Crippen LogP) is 0.825. The summed E-state index contributed by atoms with van der Waals surface area (Å²) in [4.78, 5) is 10.5. The molecule has 1 fully saturated rings. The summed E-state index contributed by atoms with van der Waals surface area (Å²) < 4.78 is 3.87. The predicted molar refractivity (Wildman–Crippen MR) is 46.4 cm³/mol. The fraction of sp³-hybridized carbons (Fsp3) is 0.500. The van der Waals surface area contributed by atoms with Gasteiger partial charge in [-0.05, 0) is 24.4 Å². The molecule has 1 aliphatic rings. The second-order valence-corrected chi connectivity index (χ2v) is 4.05. The van der Waals surface area contributed by atoms with Crippen LogP contribution < -0.4 is 0 Å². The van der Waals surface area contributed by atoms with Crippen LogP contribution in [0.1, 0.15) is 18.4 Å². The van der Waals surface area contributed by atoms with Crippen LogP contribution in [0.4, 0.5) is 0 Å². The topological polar surface area (TPSA) is 70.4 Å². The van der Waals surface area contributed by atoms with Crippen molar-refractivity contribution in [1.82, 2.24) is 4.37 Å². The van der Waals surface area contributed by atoms with Crippen molar-refractivity contribution >= 4 is 17.5 Å². The van der Waals surface area contributed by atoms with E-state index in [-0.39, 0.29) is 0 Å². The van der Waals surface area contributed by atoms with Gasteiger partial charge in [-0.15, -0.1) is 0 Å². The summed E-state index contributed by atoms with van der Waals surface area (Å²) in [5.74, 6) is -1.22. The standard InChI is InChI=1S/C8H9NO3S/c10-7(11)5-1-8(12,2-5)6-3-9-13-4-6/h3-5,12H,1-2H2,(H,10,11). The summed E-state index contributed by atoms with van der Waals surface area (Å²) in [6.07, 6.45) is 2.21. The molecular weight excluding hydrogens is 190 g/mol. The molecular formula is C8H9NO3S. The Labute approximate surface area is 79.0 Å². The van der Waals surface area contributed by atoms with E-state index in [1.165, 1.54) is 11.5 Å². The number of aliphatic hydroxyl groups is 1. The molecule has 2 rings (SSSR count). The van der Waals surface area contributed by atoms with Crippen molar-refractivity contribution in [3.63, 3.8) is 0 Å². The lowest BCUT2D eigenvalue weighted by molar-refractivity contribution is -0.159. The van der Waals surface area contributed by atoms with E-state index in [9.17, 15) is 9.90 Å². The zero-order valence-corrected chi connectivity index (χ0v) is 7.62. The van der Waals surface area contributed by atoms with Gasteiger partial charge in [-0.25, -0.2) is 4.37 Å². The van der Waals surface area contributed by atoms with Gasteiger partial charge in [0.1, 0.15) is 0 Å². The van der Waals surface area contributed by atoms with Crippen LogP contribution in [0.25, 0.3) is 0 Å². The zero-order chi connectivity index (χ0) is 9.47. The summed E-state index contributed by atoms with van der Waals surface area (Å²) in [6, 6.07) is 0. The molecule has 5 heteroatoms. The molecule has 1 heterocycles. The number of aromatic nitrogens is 1. The Hall–Kier alpha value is -0.940. The van der Waals surface area contributed by atoms with Gasteiger partial charge in [0.2, 0.25) is 0 Å². The normalized spacial score (nSPS) is 32.5. The Morgan fingerprint density at radius 3 is 2.85 bits per heavy atom. The molecule has 0 spiro atoms. The van der Waals surface area contributed by atoms with Crippen molar-refractivity contribution in [2.45, 2.75) is 18.4 Å². The van der Waals surface area contributed by atoms with E-state index in [4.69, 9.17) is 5.11 Å². The van der Waals surface area contributed by atoms with Gasteiger partial charge in [0.25, 0.3) is 0 Å². The number of aliphatic carboxylic acids is 1. The number of carboxylic acid groups (broad SMARTS) is 1. The largest absolute Gasteiger partial charge is 0.481 e. The second kappa shape index (κ2) is 2.78. The lowest BCUT2D eigenvalue weighted by Gasteiger charge is -2.40. The molecule has 13 heavy (non-hydrogen) atoms. The Kier molecular flexibility index (Phi) is 1.85. The molecule has 0 atom stereocenters. The Morgan fingerprint density at radius 1 is 1.69 bits per heavy atom. The quantitative estimate of drug-likeness (QED) is 0.740. The molecule has 2 N–H and O–H groups in total. The van der Waals surface area contributed by atoms with Gasteiger partial charge < -0.3 is 10.2 Å². The highest BCUT2D eigenvalue weighted by molar-refractivity contribution is 7.03. The first kappa shape index (κ1) is 8.65. The molecule has 0 unspecified atom stereocenters. The summed E-state index contributed by atoms with van der Waals surface area (Å²) in [5.41, 5.74) is -0.189. The monoisotopic (exact) mass is 199 g/mol. The van der Waals surface area contributed by atoms with Crippen LogP contribution in [0.15, 0.2) is 11.6 Å². The van der Waals surface area contributed by atoms with Gasteiger partial charge in [0.15, 0.2) is 0 Å². The van der Waals surface area contributed by atoms with Crippen LogP contribution in [0, 0.1) is 5.92 Å². The van der Waals surface area contributed by atoms with Gasteiger partial charge in [-0.1, -0.05) is 0 Å². The minimum absolute atomic E-state index is 0.306. The number of carbonyl (C=O) groups is 1. The average molecular weight is 199 g/mol. The summed E-state index contributed by atoms with van der Waals surface area (Å²) in [5, 5.41) is 20.3. The average Bonchev–Trinajstić information content (AvgIpc) is 2.49. The van der Waals surface area contributed by atoms with E-state index < -0.39 is 17.5 Å². The highest BCUT2D eigenvalue weighted by Gasteiger charge is 2.47. The van der Waals surface area contributed by atoms with E-state index >= 15 is 0 Å². The van der Waals surface area contributed by atoms with Gasteiger partial charge in [0, 0.05) is 17.1 Å². The summed E-state index contributed by atoms with van der Waals surface area (Å²) in [7, 11) is 0. The van der Waals surface area contributed by atoms with Crippen LogP contribution >= 0.6 is 11.5 Å². The SMILES string of the molecule is O=C(O)C1CC(O)(c2cnsc2)C1. The fourth-order valence-electron chi connectivity index (χ4n) is 1.60. The smallest absolute Gasteiger partial charge is 0.306 e. The highest BCUT2D eigenvalue weighted by Crippen LogP contribution is 2.45. The third-order valence-corrected chi connectivity index (χ3v) is 3.07. The van der Waals surface area contributed by atoms with Crippen molar-refractivity contribution in [2.75, 3.05) is 0 Å². The maximum absolute atomic E-state index is 10.5. The highest BCUT2D eigenvalue weighted by atomic mass is 32.1. The molecule has 1 aliphatic carbocycles. The molecule has 0 aliphatic heterocycles. The van der Waals surface area contributed by atoms with Gasteiger partial charge >= 0.3 is 5.97 Å². The lowest BCUT2D eigenvalue weighted by atomic mass is 9.68. The van der Waals surface area contributed by atoms with Gasteiger partial charge in [-0.2, -0.15) is 0 Å². The number of hydrogen-bond acceptors (Lipinski definition) is 4. The minimum Gasteiger partial charge on any atom is -0.481 e. The number of hydrogen-bond donors (Lipinski definition) is 2. The first-order valence-electron chi connectivity index (χ1n) is 3.97. The van der Waals surface area contributed by atoms with Crippen molar-refractivity contribution in [3.8, 4) is 0 Å². The Morgan fingerprint density at radius 2 is 2.38 bits per heavy atom. The molecule has 70 valence electrons. The van der Waals surface area contributed by atoms with Gasteiger partial charge in [0.05, 0.1) is 11.5 Å². The minimum atomic E-state index is -0.934. The van der Waals surface area contributed by atoms with Crippen LogP contribution in [-0.4, -0.2) is 20.6 Å². The van der Waals surface area contributed by atoms with Crippen molar-refractivity contribution in [3.05, 3.63) is 17.1 Å². The van der Waals surface area contributed by atoms with Crippen molar-refractivity contribution in [1.29, 1.82) is 0 Å². The van der Waals surface area contributed by atoms with E-state index in [0.717, 1.165) is 5.56 Å². The van der Waals surface area contributed by atoms with E-state index in [2.05, 4.69) is 4.37 Å². The second-order valence-electron chi connectivity index (χ2n) is 3.39. The van der Waals surface area contributed by atoms with Crippen LogP contribution in [-0.2, 0) is 10.4 Å². The molecule has 0 bridgehead atoms. The summed E-state index contributed by atoms with van der Waals surface area (Å²) in [6.45, 7) is 0. The number of rotatable bonds is 2.